The number of fused-ring (bicyclic) bond motifs is 1. The van der Waals surface area contributed by atoms with Crippen molar-refractivity contribution < 1.29 is 9.53 Å². The van der Waals surface area contributed by atoms with Gasteiger partial charge >= 0.3 is 6.09 Å². The van der Waals surface area contributed by atoms with E-state index in [1.807, 2.05) is 46.1 Å². The van der Waals surface area contributed by atoms with Crippen molar-refractivity contribution in [2.75, 3.05) is 25.5 Å². The van der Waals surface area contributed by atoms with Gasteiger partial charge in [0.1, 0.15) is 11.4 Å². The topological polar surface area (TPSA) is 71.8 Å². The van der Waals surface area contributed by atoms with Gasteiger partial charge in [0.05, 0.1) is 0 Å². The molecule has 0 aromatic carbocycles. The van der Waals surface area contributed by atoms with Crippen molar-refractivity contribution in [1.82, 2.24) is 19.5 Å². The lowest BCUT2D eigenvalue weighted by molar-refractivity contribution is 0.0295. The van der Waals surface area contributed by atoms with Gasteiger partial charge in [-0.3, -0.25) is 0 Å². The molecule has 1 aliphatic heterocycles. The summed E-state index contributed by atoms with van der Waals surface area (Å²) in [4.78, 5) is 17.2. The van der Waals surface area contributed by atoms with Crippen LogP contribution in [0.25, 0.3) is 5.65 Å². The lowest BCUT2D eigenvalue weighted by Crippen LogP contribution is -2.34. The van der Waals surface area contributed by atoms with Crippen LogP contribution in [-0.2, 0) is 4.74 Å². The van der Waals surface area contributed by atoms with Gasteiger partial charge < -0.3 is 15.0 Å². The lowest BCUT2D eigenvalue weighted by atomic mass is 10.2. The molecule has 7 nitrogen and oxygen atoms in total. The monoisotopic (exact) mass is 319 g/mol. The maximum absolute atomic E-state index is 11.4. The summed E-state index contributed by atoms with van der Waals surface area (Å²) in [5.74, 6) is 0.843. The van der Waals surface area contributed by atoms with Crippen LogP contribution in [0.5, 0.6) is 0 Å². The number of rotatable bonds is 1. The van der Waals surface area contributed by atoms with Crippen LogP contribution in [0.1, 0.15) is 33.6 Å². The molecule has 1 amide bonds. The Hall–Kier alpha value is -2.31. The second kappa shape index (κ2) is 7.30. The van der Waals surface area contributed by atoms with Gasteiger partial charge in [0.2, 0.25) is 0 Å². The van der Waals surface area contributed by atoms with E-state index in [1.165, 1.54) is 0 Å². The predicted octanol–water partition coefficient (Wildman–Crippen LogP) is 2.79. The zero-order chi connectivity index (χ0) is 16.9. The molecule has 0 radical (unpaired) electrons. The number of anilines is 1. The summed E-state index contributed by atoms with van der Waals surface area (Å²) in [5, 5.41) is 7.15. The van der Waals surface area contributed by atoms with Crippen LogP contribution >= 0.6 is 0 Å². The summed E-state index contributed by atoms with van der Waals surface area (Å²) in [6.45, 7) is 7.38. The quantitative estimate of drug-likeness (QED) is 0.875. The number of hydrogen-bond acceptors (Lipinski definition) is 5. The van der Waals surface area contributed by atoms with E-state index >= 15 is 0 Å². The van der Waals surface area contributed by atoms with E-state index in [0.717, 1.165) is 37.4 Å². The SMILES string of the molecule is CC(C)(C)OC(=O)N1CCCC1.CNc1ccc2nccn2n1. The summed E-state index contributed by atoms with van der Waals surface area (Å²) in [5.41, 5.74) is 0.503. The fourth-order valence-corrected chi connectivity index (χ4v) is 2.17. The second-order valence-corrected chi connectivity index (χ2v) is 6.37. The molecule has 0 bridgehead atoms. The highest BCUT2D eigenvalue weighted by molar-refractivity contribution is 5.68. The van der Waals surface area contributed by atoms with E-state index < -0.39 is 0 Å². The first-order valence-electron chi connectivity index (χ1n) is 7.85. The molecule has 2 aromatic rings. The third-order valence-electron chi connectivity index (χ3n) is 3.27. The minimum absolute atomic E-state index is 0.167. The number of aromatic nitrogens is 3. The number of nitrogens with zero attached hydrogens (tertiary/aromatic N) is 4. The molecule has 7 heteroatoms. The van der Waals surface area contributed by atoms with E-state index in [1.54, 1.807) is 15.6 Å². The minimum atomic E-state index is -0.361. The van der Waals surface area contributed by atoms with Crippen LogP contribution in [0.4, 0.5) is 10.6 Å². The number of imidazole rings is 1. The van der Waals surface area contributed by atoms with Crippen LogP contribution in [0.3, 0.4) is 0 Å². The van der Waals surface area contributed by atoms with Crippen molar-refractivity contribution in [3.8, 4) is 0 Å². The van der Waals surface area contributed by atoms with Crippen molar-refractivity contribution in [2.24, 2.45) is 0 Å². The van der Waals surface area contributed by atoms with Crippen LogP contribution in [-0.4, -0.2) is 51.3 Å². The Morgan fingerprint density at radius 3 is 2.57 bits per heavy atom. The number of carbonyl (C=O) groups is 1. The van der Waals surface area contributed by atoms with E-state index in [9.17, 15) is 4.79 Å². The molecule has 1 fully saturated rings. The number of ether oxygens (including phenoxy) is 1. The lowest BCUT2D eigenvalue weighted by Gasteiger charge is -2.23. The van der Waals surface area contributed by atoms with Crippen LogP contribution in [0, 0.1) is 0 Å². The largest absolute Gasteiger partial charge is 0.444 e. The normalized spacial score (nSPS) is 14.3. The summed E-state index contributed by atoms with van der Waals surface area (Å²) >= 11 is 0. The van der Waals surface area contributed by atoms with Crippen molar-refractivity contribution >= 4 is 17.6 Å². The highest BCUT2D eigenvalue weighted by Crippen LogP contribution is 2.14. The molecule has 3 heterocycles. The standard InChI is InChI=1S/C9H17NO2.C7H8N4/c1-9(2,3)12-8(11)10-6-4-5-7-10;1-8-6-2-3-7-9-4-5-11(7)10-6/h4-7H2,1-3H3;2-5H,1H3,(H,8,10). The summed E-state index contributed by atoms with van der Waals surface area (Å²) < 4.78 is 6.94. The Labute approximate surface area is 136 Å². The van der Waals surface area contributed by atoms with Gasteiger partial charge in [-0.2, -0.15) is 0 Å². The molecule has 0 unspecified atom stereocenters. The van der Waals surface area contributed by atoms with Crippen LogP contribution < -0.4 is 5.32 Å². The van der Waals surface area contributed by atoms with Gasteiger partial charge in [-0.1, -0.05) is 0 Å². The van der Waals surface area contributed by atoms with Crippen LogP contribution in [0.2, 0.25) is 0 Å². The van der Waals surface area contributed by atoms with Gasteiger partial charge in [-0.25, -0.2) is 14.3 Å². The van der Waals surface area contributed by atoms with E-state index in [0.29, 0.717) is 0 Å². The molecular weight excluding hydrogens is 294 g/mol. The molecule has 0 aliphatic carbocycles. The Morgan fingerprint density at radius 1 is 1.26 bits per heavy atom. The molecule has 1 saturated heterocycles. The number of hydrogen-bond donors (Lipinski definition) is 1. The number of amides is 1. The van der Waals surface area contributed by atoms with Crippen LogP contribution in [0.15, 0.2) is 24.5 Å². The van der Waals surface area contributed by atoms with E-state index in [-0.39, 0.29) is 11.7 Å². The average molecular weight is 319 g/mol. The van der Waals surface area contributed by atoms with Gasteiger partial charge in [0.25, 0.3) is 0 Å². The summed E-state index contributed by atoms with van der Waals surface area (Å²) in [7, 11) is 1.84. The molecule has 2 aromatic heterocycles. The van der Waals surface area contributed by atoms with Crippen molar-refractivity contribution in [3.05, 3.63) is 24.5 Å². The highest BCUT2D eigenvalue weighted by Gasteiger charge is 2.23. The highest BCUT2D eigenvalue weighted by atomic mass is 16.6. The predicted molar refractivity (Wildman–Crippen MR) is 89.6 cm³/mol. The first kappa shape index (κ1) is 17.1. The van der Waals surface area contributed by atoms with Gasteiger partial charge in [-0.05, 0) is 45.7 Å². The van der Waals surface area contributed by atoms with Crippen molar-refractivity contribution in [2.45, 2.75) is 39.2 Å². The third kappa shape index (κ3) is 5.12. The van der Waals surface area contributed by atoms with Gasteiger partial charge in [0.15, 0.2) is 5.65 Å². The molecular formula is C16H25N5O2. The summed E-state index contributed by atoms with van der Waals surface area (Å²) in [6.07, 6.45) is 5.59. The Bertz CT molecular complexity index is 641. The third-order valence-corrected chi connectivity index (χ3v) is 3.27. The molecule has 23 heavy (non-hydrogen) atoms. The second-order valence-electron chi connectivity index (χ2n) is 6.37. The molecule has 0 spiro atoms. The molecule has 126 valence electrons. The number of nitrogens with one attached hydrogen (secondary N) is 1. The smallest absolute Gasteiger partial charge is 0.410 e. The fraction of sp³-hybridized carbons (Fsp3) is 0.562. The Kier molecular flexibility index (Phi) is 5.41. The zero-order valence-electron chi connectivity index (χ0n) is 14.2. The molecule has 1 N–H and O–H groups in total. The van der Waals surface area contributed by atoms with E-state index in [2.05, 4.69) is 15.4 Å². The zero-order valence-corrected chi connectivity index (χ0v) is 14.2. The molecule has 0 atom stereocenters. The number of carbonyl (C=O) groups excluding carboxylic acids is 1. The fourth-order valence-electron chi connectivity index (χ4n) is 2.17. The number of likely N-dealkylation sites (tertiary alicyclic amines) is 1. The van der Waals surface area contributed by atoms with Crippen molar-refractivity contribution in [3.63, 3.8) is 0 Å². The average Bonchev–Trinajstić information content (AvgIpc) is 3.16. The first-order chi connectivity index (χ1) is 10.9. The van der Waals surface area contributed by atoms with Gasteiger partial charge in [0, 0.05) is 32.5 Å². The molecule has 0 saturated carbocycles. The first-order valence-corrected chi connectivity index (χ1v) is 7.85. The summed E-state index contributed by atoms with van der Waals surface area (Å²) in [6, 6.07) is 3.81. The molecule has 3 rings (SSSR count). The maximum Gasteiger partial charge on any atom is 0.410 e. The van der Waals surface area contributed by atoms with Crippen molar-refractivity contribution in [1.29, 1.82) is 0 Å². The Balaban J connectivity index is 0.000000167. The maximum atomic E-state index is 11.4. The minimum Gasteiger partial charge on any atom is -0.444 e. The van der Waals surface area contributed by atoms with E-state index in [4.69, 9.17) is 4.74 Å². The molecule has 1 aliphatic rings. The van der Waals surface area contributed by atoms with Gasteiger partial charge in [-0.15, -0.1) is 5.10 Å². The Morgan fingerprint density at radius 2 is 1.96 bits per heavy atom.